The fraction of sp³-hybridized carbons (Fsp3) is 0.562. The summed E-state index contributed by atoms with van der Waals surface area (Å²) in [6.45, 7) is 0.513. The second kappa shape index (κ2) is 7.65. The fourth-order valence-electron chi connectivity index (χ4n) is 2.98. The molecular weight excluding hydrogens is 272 g/mol. The largest absolute Gasteiger partial charge is 0.352 e. The molecule has 3 N–H and O–H groups in total. The summed E-state index contributed by atoms with van der Waals surface area (Å²) < 4.78 is 0. The molecule has 0 spiro atoms. The van der Waals surface area contributed by atoms with Crippen molar-refractivity contribution in [1.29, 1.82) is 0 Å². The Morgan fingerprint density at radius 1 is 1.30 bits per heavy atom. The van der Waals surface area contributed by atoms with Crippen LogP contribution < -0.4 is 11.1 Å². The van der Waals surface area contributed by atoms with E-state index in [0.29, 0.717) is 23.9 Å². The first-order chi connectivity index (χ1) is 9.70. The second-order valence-electron chi connectivity index (χ2n) is 5.58. The van der Waals surface area contributed by atoms with Crippen molar-refractivity contribution in [2.45, 2.75) is 44.6 Å². The number of benzene rings is 1. The maximum Gasteiger partial charge on any atom is 0.224 e. The van der Waals surface area contributed by atoms with Gasteiger partial charge in [-0.2, -0.15) is 0 Å². The summed E-state index contributed by atoms with van der Waals surface area (Å²) in [4.78, 5) is 12.2. The molecule has 4 heteroatoms. The molecule has 1 aliphatic carbocycles. The zero-order valence-corrected chi connectivity index (χ0v) is 12.5. The van der Waals surface area contributed by atoms with Gasteiger partial charge in [0.1, 0.15) is 0 Å². The number of amides is 1. The zero-order chi connectivity index (χ0) is 14.4. The van der Waals surface area contributed by atoms with Crippen LogP contribution in [0, 0.1) is 5.92 Å². The van der Waals surface area contributed by atoms with Crippen LogP contribution in [0.25, 0.3) is 0 Å². The lowest BCUT2D eigenvalue weighted by Crippen LogP contribution is -2.46. The maximum atomic E-state index is 12.2. The van der Waals surface area contributed by atoms with Gasteiger partial charge >= 0.3 is 0 Å². The van der Waals surface area contributed by atoms with E-state index in [2.05, 4.69) is 5.32 Å². The monoisotopic (exact) mass is 294 g/mol. The Labute approximate surface area is 125 Å². The first-order valence-electron chi connectivity index (χ1n) is 7.43. The lowest BCUT2D eigenvalue weighted by molar-refractivity contribution is -0.121. The van der Waals surface area contributed by atoms with Gasteiger partial charge in [0.25, 0.3) is 0 Å². The molecule has 1 amide bonds. The van der Waals surface area contributed by atoms with E-state index in [1.54, 1.807) is 0 Å². The van der Waals surface area contributed by atoms with Crippen LogP contribution in [0.3, 0.4) is 0 Å². The highest BCUT2D eigenvalue weighted by atomic mass is 35.5. The molecule has 0 aromatic heterocycles. The number of hydrogen-bond acceptors (Lipinski definition) is 2. The standard InChI is InChI=1S/C16H23ClN2O/c17-14-9-5-4-8-13(14)10-16(20)19-15(11-18)12-6-2-1-3-7-12/h4-5,8-9,12,15H,1-3,6-7,10-11,18H2,(H,19,20). The normalized spacial score (nSPS) is 17.7. The van der Waals surface area contributed by atoms with Crippen molar-refractivity contribution < 1.29 is 4.79 Å². The molecule has 1 aromatic carbocycles. The number of nitrogens with one attached hydrogen (secondary N) is 1. The summed E-state index contributed by atoms with van der Waals surface area (Å²) in [6.07, 6.45) is 6.48. The van der Waals surface area contributed by atoms with E-state index in [-0.39, 0.29) is 11.9 Å². The van der Waals surface area contributed by atoms with Crippen LogP contribution >= 0.6 is 11.6 Å². The number of halogens is 1. The Morgan fingerprint density at radius 3 is 2.65 bits per heavy atom. The number of rotatable bonds is 5. The smallest absolute Gasteiger partial charge is 0.224 e. The highest BCUT2D eigenvalue weighted by Crippen LogP contribution is 2.26. The number of carbonyl (C=O) groups is 1. The molecule has 1 aliphatic rings. The van der Waals surface area contributed by atoms with Crippen molar-refractivity contribution in [3.8, 4) is 0 Å². The molecule has 0 heterocycles. The van der Waals surface area contributed by atoms with Crippen molar-refractivity contribution in [3.05, 3.63) is 34.9 Å². The molecule has 0 radical (unpaired) electrons. The molecule has 3 nitrogen and oxygen atoms in total. The summed E-state index contributed by atoms with van der Waals surface area (Å²) in [5.74, 6) is 0.545. The highest BCUT2D eigenvalue weighted by Gasteiger charge is 2.24. The molecule has 110 valence electrons. The van der Waals surface area contributed by atoms with E-state index in [0.717, 1.165) is 5.56 Å². The summed E-state index contributed by atoms with van der Waals surface area (Å²) in [5.41, 5.74) is 6.70. The van der Waals surface area contributed by atoms with E-state index in [4.69, 9.17) is 17.3 Å². The Kier molecular flexibility index (Phi) is 5.86. The lowest BCUT2D eigenvalue weighted by Gasteiger charge is -2.30. The first kappa shape index (κ1) is 15.3. The molecule has 20 heavy (non-hydrogen) atoms. The molecule has 0 bridgehead atoms. The van der Waals surface area contributed by atoms with Gasteiger partial charge in [-0.25, -0.2) is 0 Å². The van der Waals surface area contributed by atoms with Crippen molar-refractivity contribution in [2.24, 2.45) is 11.7 Å². The van der Waals surface area contributed by atoms with Gasteiger partial charge in [0.2, 0.25) is 5.91 Å². The molecule has 0 aliphatic heterocycles. The van der Waals surface area contributed by atoms with Crippen molar-refractivity contribution >= 4 is 17.5 Å². The van der Waals surface area contributed by atoms with Gasteiger partial charge in [0, 0.05) is 17.6 Å². The van der Waals surface area contributed by atoms with Crippen molar-refractivity contribution in [2.75, 3.05) is 6.54 Å². The van der Waals surface area contributed by atoms with Crippen LogP contribution in [0.4, 0.5) is 0 Å². The topological polar surface area (TPSA) is 55.1 Å². The highest BCUT2D eigenvalue weighted by molar-refractivity contribution is 6.31. The minimum Gasteiger partial charge on any atom is -0.352 e. The van der Waals surface area contributed by atoms with Gasteiger partial charge in [-0.15, -0.1) is 0 Å². The molecule has 0 saturated heterocycles. The van der Waals surface area contributed by atoms with Gasteiger partial charge in [-0.05, 0) is 30.4 Å². The van der Waals surface area contributed by atoms with Gasteiger partial charge in [-0.3, -0.25) is 4.79 Å². The Morgan fingerprint density at radius 2 is 2.00 bits per heavy atom. The minimum absolute atomic E-state index is 0.0131. The Hall–Kier alpha value is -1.06. The quantitative estimate of drug-likeness (QED) is 0.877. The number of hydrogen-bond donors (Lipinski definition) is 2. The van der Waals surface area contributed by atoms with Crippen LogP contribution in [0.5, 0.6) is 0 Å². The molecule has 1 saturated carbocycles. The predicted molar refractivity (Wildman–Crippen MR) is 82.7 cm³/mol. The third kappa shape index (κ3) is 4.22. The predicted octanol–water partition coefficient (Wildman–Crippen LogP) is 2.91. The van der Waals surface area contributed by atoms with E-state index in [9.17, 15) is 4.79 Å². The van der Waals surface area contributed by atoms with Gasteiger partial charge in [-0.1, -0.05) is 49.1 Å². The van der Waals surface area contributed by atoms with Crippen LogP contribution in [-0.2, 0) is 11.2 Å². The maximum absolute atomic E-state index is 12.2. The first-order valence-corrected chi connectivity index (χ1v) is 7.81. The van der Waals surface area contributed by atoms with Gasteiger partial charge in [0.15, 0.2) is 0 Å². The van der Waals surface area contributed by atoms with Crippen molar-refractivity contribution in [1.82, 2.24) is 5.32 Å². The molecular formula is C16H23ClN2O. The van der Waals surface area contributed by atoms with Gasteiger partial charge in [0.05, 0.1) is 6.42 Å². The molecule has 2 rings (SSSR count). The summed E-state index contributed by atoms with van der Waals surface area (Å²) in [6, 6.07) is 7.57. The Bertz CT molecular complexity index is 444. The van der Waals surface area contributed by atoms with Crippen LogP contribution in [0.15, 0.2) is 24.3 Å². The molecule has 1 aromatic rings. The molecule has 1 atom stereocenters. The Balaban J connectivity index is 1.90. The summed E-state index contributed by atoms with van der Waals surface area (Å²) in [5, 5.41) is 3.73. The summed E-state index contributed by atoms with van der Waals surface area (Å²) in [7, 11) is 0. The van der Waals surface area contributed by atoms with E-state index >= 15 is 0 Å². The SMILES string of the molecule is NCC(NC(=O)Cc1ccccc1Cl)C1CCCCC1. The minimum atomic E-state index is 0.0131. The third-order valence-corrected chi connectivity index (χ3v) is 4.50. The molecule has 1 unspecified atom stereocenters. The number of carbonyl (C=O) groups excluding carboxylic acids is 1. The van der Waals surface area contributed by atoms with Crippen LogP contribution in [-0.4, -0.2) is 18.5 Å². The van der Waals surface area contributed by atoms with E-state index < -0.39 is 0 Å². The average molecular weight is 295 g/mol. The lowest BCUT2D eigenvalue weighted by atomic mass is 9.84. The van der Waals surface area contributed by atoms with E-state index in [1.165, 1.54) is 32.1 Å². The fourth-order valence-corrected chi connectivity index (χ4v) is 3.18. The molecule has 1 fully saturated rings. The third-order valence-electron chi connectivity index (χ3n) is 4.13. The van der Waals surface area contributed by atoms with E-state index in [1.807, 2.05) is 24.3 Å². The van der Waals surface area contributed by atoms with Crippen LogP contribution in [0.2, 0.25) is 5.02 Å². The zero-order valence-electron chi connectivity index (χ0n) is 11.8. The second-order valence-corrected chi connectivity index (χ2v) is 5.98. The summed E-state index contributed by atoms with van der Waals surface area (Å²) >= 11 is 6.08. The van der Waals surface area contributed by atoms with Crippen LogP contribution in [0.1, 0.15) is 37.7 Å². The average Bonchev–Trinajstić information content (AvgIpc) is 2.48. The van der Waals surface area contributed by atoms with Gasteiger partial charge < -0.3 is 11.1 Å². The van der Waals surface area contributed by atoms with Crippen molar-refractivity contribution in [3.63, 3.8) is 0 Å². The number of nitrogens with two attached hydrogens (primary N) is 1.